The number of nitrogens with one attached hydrogen (secondary N) is 1. The summed E-state index contributed by atoms with van der Waals surface area (Å²) >= 11 is 0. The van der Waals surface area contributed by atoms with Gasteiger partial charge in [0, 0.05) is 18.8 Å². The summed E-state index contributed by atoms with van der Waals surface area (Å²) in [7, 11) is 1.72. The molecule has 0 aliphatic carbocycles. The Morgan fingerprint density at radius 3 is 2.55 bits per heavy atom. The van der Waals surface area contributed by atoms with Crippen LogP contribution in [0.5, 0.6) is 0 Å². The van der Waals surface area contributed by atoms with E-state index in [0.29, 0.717) is 11.3 Å². The van der Waals surface area contributed by atoms with Gasteiger partial charge in [0.2, 0.25) is 0 Å². The van der Waals surface area contributed by atoms with Gasteiger partial charge in [-0.05, 0) is 19.1 Å². The smallest absolute Gasteiger partial charge is 0.384 e. The van der Waals surface area contributed by atoms with Crippen LogP contribution in [0.4, 0.5) is 18.9 Å². The predicted molar refractivity (Wildman–Crippen MR) is 77.7 cm³/mol. The number of rotatable bonds is 2. The van der Waals surface area contributed by atoms with Crippen LogP contribution in [0, 0.1) is 6.92 Å². The van der Waals surface area contributed by atoms with Gasteiger partial charge in [-0.25, -0.2) is 9.50 Å². The Kier molecular flexibility index (Phi) is 3.27. The van der Waals surface area contributed by atoms with E-state index in [0.717, 1.165) is 11.8 Å². The van der Waals surface area contributed by atoms with E-state index in [1.807, 2.05) is 6.92 Å². The third kappa shape index (κ3) is 2.28. The topological polar surface area (TPSA) is 42.2 Å². The van der Waals surface area contributed by atoms with Crippen LogP contribution in [0.1, 0.15) is 11.3 Å². The SMILES string of the molecule is CNc1c(C)nn2ccc(-c3ccccc3C(F)(F)F)nc12. The highest BCUT2D eigenvalue weighted by atomic mass is 19.4. The molecule has 0 saturated carbocycles. The summed E-state index contributed by atoms with van der Waals surface area (Å²) < 4.78 is 41.0. The van der Waals surface area contributed by atoms with Crippen molar-refractivity contribution < 1.29 is 13.2 Å². The molecule has 0 atom stereocenters. The van der Waals surface area contributed by atoms with E-state index in [1.165, 1.54) is 18.2 Å². The van der Waals surface area contributed by atoms with Gasteiger partial charge in [0.1, 0.15) is 5.69 Å². The summed E-state index contributed by atoms with van der Waals surface area (Å²) in [5.74, 6) is 0. The number of fused-ring (bicyclic) bond motifs is 1. The lowest BCUT2D eigenvalue weighted by molar-refractivity contribution is -0.137. The molecule has 0 aliphatic rings. The zero-order chi connectivity index (χ0) is 15.9. The van der Waals surface area contributed by atoms with Crippen molar-refractivity contribution in [2.24, 2.45) is 0 Å². The molecule has 1 aromatic carbocycles. The minimum absolute atomic E-state index is 0.0541. The molecule has 0 spiro atoms. The number of nitrogens with zero attached hydrogens (tertiary/aromatic N) is 3. The third-order valence-electron chi connectivity index (χ3n) is 3.42. The van der Waals surface area contributed by atoms with E-state index in [1.54, 1.807) is 23.8 Å². The standard InChI is InChI=1S/C15H13F3N4/c1-9-13(19-2)14-20-12(7-8-22(14)21-9)10-5-3-4-6-11(10)15(16,17)18/h3-8,19H,1-2H3. The van der Waals surface area contributed by atoms with Gasteiger partial charge < -0.3 is 5.32 Å². The molecule has 114 valence electrons. The second-order valence-electron chi connectivity index (χ2n) is 4.83. The van der Waals surface area contributed by atoms with E-state index in [9.17, 15) is 13.2 Å². The Labute approximate surface area is 124 Å². The van der Waals surface area contributed by atoms with Crippen LogP contribution in [0.15, 0.2) is 36.5 Å². The molecular weight excluding hydrogens is 293 g/mol. The molecule has 2 heterocycles. The van der Waals surface area contributed by atoms with Gasteiger partial charge in [-0.2, -0.15) is 18.3 Å². The van der Waals surface area contributed by atoms with E-state index < -0.39 is 11.7 Å². The van der Waals surface area contributed by atoms with Crippen LogP contribution in [0.3, 0.4) is 0 Å². The molecule has 3 aromatic rings. The lowest BCUT2D eigenvalue weighted by Gasteiger charge is -2.12. The van der Waals surface area contributed by atoms with Crippen LogP contribution in [-0.2, 0) is 6.18 Å². The zero-order valence-corrected chi connectivity index (χ0v) is 11.9. The van der Waals surface area contributed by atoms with Crippen molar-refractivity contribution in [2.75, 3.05) is 12.4 Å². The maximum Gasteiger partial charge on any atom is 0.417 e. The molecular formula is C15H13F3N4. The Morgan fingerprint density at radius 2 is 1.86 bits per heavy atom. The van der Waals surface area contributed by atoms with E-state index in [4.69, 9.17) is 0 Å². The fourth-order valence-corrected chi connectivity index (χ4v) is 2.44. The second kappa shape index (κ2) is 5.01. The van der Waals surface area contributed by atoms with Crippen LogP contribution in [0.2, 0.25) is 0 Å². The predicted octanol–water partition coefficient (Wildman–Crippen LogP) is 3.77. The maximum absolute atomic E-state index is 13.1. The molecule has 3 rings (SSSR count). The molecule has 0 radical (unpaired) electrons. The number of halogens is 3. The minimum Gasteiger partial charge on any atom is -0.384 e. The summed E-state index contributed by atoms with van der Waals surface area (Å²) in [6.45, 7) is 1.81. The van der Waals surface area contributed by atoms with Gasteiger partial charge in [-0.1, -0.05) is 18.2 Å². The highest BCUT2D eigenvalue weighted by Crippen LogP contribution is 2.36. The molecule has 22 heavy (non-hydrogen) atoms. The van der Waals surface area contributed by atoms with Crippen LogP contribution in [0.25, 0.3) is 16.9 Å². The summed E-state index contributed by atoms with van der Waals surface area (Å²) in [4.78, 5) is 4.35. The van der Waals surface area contributed by atoms with Crippen LogP contribution < -0.4 is 5.32 Å². The quantitative estimate of drug-likeness (QED) is 0.784. The minimum atomic E-state index is -4.42. The van der Waals surface area contributed by atoms with E-state index >= 15 is 0 Å². The van der Waals surface area contributed by atoms with Crippen molar-refractivity contribution in [3.63, 3.8) is 0 Å². The molecule has 4 nitrogen and oxygen atoms in total. The molecule has 7 heteroatoms. The number of aryl methyl sites for hydroxylation is 1. The average Bonchev–Trinajstić information content (AvgIpc) is 2.80. The Bertz CT molecular complexity index is 836. The monoisotopic (exact) mass is 306 g/mol. The summed E-state index contributed by atoms with van der Waals surface area (Å²) in [5.41, 5.74) is 1.54. The number of hydrogen-bond donors (Lipinski definition) is 1. The summed E-state index contributed by atoms with van der Waals surface area (Å²) in [5, 5.41) is 7.23. The summed E-state index contributed by atoms with van der Waals surface area (Å²) in [6.07, 6.45) is -2.81. The first-order chi connectivity index (χ1) is 10.4. The number of benzene rings is 1. The first kappa shape index (κ1) is 14.4. The lowest BCUT2D eigenvalue weighted by Crippen LogP contribution is -2.07. The molecule has 2 aromatic heterocycles. The molecule has 1 N–H and O–H groups in total. The molecule has 0 amide bonds. The Balaban J connectivity index is 2.24. The van der Waals surface area contributed by atoms with E-state index in [2.05, 4.69) is 15.4 Å². The zero-order valence-electron chi connectivity index (χ0n) is 11.9. The van der Waals surface area contributed by atoms with E-state index in [-0.39, 0.29) is 11.3 Å². The number of hydrogen-bond acceptors (Lipinski definition) is 3. The second-order valence-corrected chi connectivity index (χ2v) is 4.83. The van der Waals surface area contributed by atoms with Crippen molar-refractivity contribution in [1.82, 2.24) is 14.6 Å². The van der Waals surface area contributed by atoms with Gasteiger partial charge in [0.15, 0.2) is 5.65 Å². The van der Waals surface area contributed by atoms with Gasteiger partial charge in [0.25, 0.3) is 0 Å². The van der Waals surface area contributed by atoms with Crippen molar-refractivity contribution in [3.8, 4) is 11.3 Å². The normalized spacial score (nSPS) is 11.9. The molecule has 0 aliphatic heterocycles. The van der Waals surface area contributed by atoms with Crippen molar-refractivity contribution in [2.45, 2.75) is 13.1 Å². The average molecular weight is 306 g/mol. The maximum atomic E-state index is 13.1. The van der Waals surface area contributed by atoms with Gasteiger partial charge in [-0.15, -0.1) is 0 Å². The van der Waals surface area contributed by atoms with Crippen molar-refractivity contribution in [1.29, 1.82) is 0 Å². The first-order valence-corrected chi connectivity index (χ1v) is 6.62. The fourth-order valence-electron chi connectivity index (χ4n) is 2.44. The Morgan fingerprint density at radius 1 is 1.14 bits per heavy atom. The molecule has 0 saturated heterocycles. The number of anilines is 1. The highest BCUT2D eigenvalue weighted by molar-refractivity contribution is 5.74. The van der Waals surface area contributed by atoms with Gasteiger partial charge in [-0.3, -0.25) is 0 Å². The third-order valence-corrected chi connectivity index (χ3v) is 3.42. The summed E-state index contributed by atoms with van der Waals surface area (Å²) in [6, 6.07) is 6.94. The fraction of sp³-hybridized carbons (Fsp3) is 0.200. The van der Waals surface area contributed by atoms with Crippen molar-refractivity contribution >= 4 is 11.3 Å². The molecule has 0 unspecified atom stereocenters. The number of aromatic nitrogens is 3. The number of alkyl halides is 3. The highest BCUT2D eigenvalue weighted by Gasteiger charge is 2.33. The van der Waals surface area contributed by atoms with Crippen LogP contribution in [-0.4, -0.2) is 21.6 Å². The van der Waals surface area contributed by atoms with Gasteiger partial charge >= 0.3 is 6.18 Å². The Hall–Kier alpha value is -2.57. The molecule has 0 bridgehead atoms. The largest absolute Gasteiger partial charge is 0.417 e. The van der Waals surface area contributed by atoms with Crippen LogP contribution >= 0.6 is 0 Å². The lowest BCUT2D eigenvalue weighted by atomic mass is 10.0. The van der Waals surface area contributed by atoms with Crippen molar-refractivity contribution in [3.05, 3.63) is 47.8 Å². The molecule has 0 fully saturated rings. The van der Waals surface area contributed by atoms with Gasteiger partial charge in [0.05, 0.1) is 17.0 Å². The first-order valence-electron chi connectivity index (χ1n) is 6.62.